The molecule has 4 nitrogen and oxygen atoms in total. The van der Waals surface area contributed by atoms with Crippen LogP contribution >= 0.6 is 0 Å². The van der Waals surface area contributed by atoms with E-state index in [0.29, 0.717) is 0 Å². The minimum absolute atomic E-state index is 0.00771. The molecule has 22 heavy (non-hydrogen) atoms. The van der Waals surface area contributed by atoms with Gasteiger partial charge in [0.2, 0.25) is 5.91 Å². The Morgan fingerprint density at radius 3 is 2.41 bits per heavy atom. The maximum atomic E-state index is 12.0. The van der Waals surface area contributed by atoms with Gasteiger partial charge in [-0.1, -0.05) is 32.9 Å². The summed E-state index contributed by atoms with van der Waals surface area (Å²) in [7, 11) is 0. The van der Waals surface area contributed by atoms with E-state index in [1.165, 1.54) is 0 Å². The molecule has 1 N–H and O–H groups in total. The van der Waals surface area contributed by atoms with Gasteiger partial charge in [-0.05, 0) is 36.4 Å². The van der Waals surface area contributed by atoms with E-state index in [0.717, 1.165) is 22.4 Å². The van der Waals surface area contributed by atoms with Gasteiger partial charge < -0.3 is 5.32 Å². The lowest BCUT2D eigenvalue weighted by Gasteiger charge is -2.17. The van der Waals surface area contributed by atoms with E-state index in [1.54, 1.807) is 0 Å². The van der Waals surface area contributed by atoms with Gasteiger partial charge in [-0.25, -0.2) is 4.98 Å². The zero-order valence-electron chi connectivity index (χ0n) is 13.0. The molecule has 1 amide bonds. The number of rotatable bonds is 2. The summed E-state index contributed by atoms with van der Waals surface area (Å²) >= 11 is 0. The van der Waals surface area contributed by atoms with Crippen LogP contribution in [0.25, 0.3) is 16.7 Å². The molecule has 0 saturated heterocycles. The molecule has 0 bridgehead atoms. The van der Waals surface area contributed by atoms with E-state index < -0.39 is 5.41 Å². The molecule has 0 aliphatic rings. The first-order valence-corrected chi connectivity index (χ1v) is 7.29. The van der Waals surface area contributed by atoms with Crippen LogP contribution in [0.1, 0.15) is 20.8 Å². The molecule has 3 aromatic rings. The van der Waals surface area contributed by atoms with Crippen LogP contribution in [0.2, 0.25) is 0 Å². The topological polar surface area (TPSA) is 46.9 Å². The third kappa shape index (κ3) is 2.72. The summed E-state index contributed by atoms with van der Waals surface area (Å²) in [6.07, 6.45) is 1.81. The number of carbonyl (C=O) groups is 1. The molecule has 1 aromatic heterocycles. The van der Waals surface area contributed by atoms with Crippen LogP contribution in [0, 0.1) is 5.41 Å². The number of amides is 1. The number of hydrogen-bond acceptors (Lipinski definition) is 2. The molecule has 2 aromatic carbocycles. The molecule has 0 aliphatic carbocycles. The Morgan fingerprint density at radius 1 is 1.05 bits per heavy atom. The van der Waals surface area contributed by atoms with Gasteiger partial charge in [-0.3, -0.25) is 9.36 Å². The van der Waals surface area contributed by atoms with Crippen LogP contribution < -0.4 is 5.32 Å². The third-order valence-corrected chi connectivity index (χ3v) is 3.54. The zero-order chi connectivity index (χ0) is 15.7. The zero-order valence-corrected chi connectivity index (χ0v) is 13.0. The van der Waals surface area contributed by atoms with Crippen molar-refractivity contribution in [3.8, 4) is 5.69 Å². The highest BCUT2D eigenvalue weighted by atomic mass is 16.2. The Labute approximate surface area is 129 Å². The number of hydrogen-bond donors (Lipinski definition) is 1. The van der Waals surface area contributed by atoms with E-state index >= 15 is 0 Å². The summed E-state index contributed by atoms with van der Waals surface area (Å²) in [5.41, 5.74) is 3.44. The predicted octanol–water partition coefficient (Wildman–Crippen LogP) is 4.01. The normalized spacial score (nSPS) is 11.6. The highest BCUT2D eigenvalue weighted by Crippen LogP contribution is 2.21. The molecule has 0 radical (unpaired) electrons. The van der Waals surface area contributed by atoms with Crippen molar-refractivity contribution in [1.82, 2.24) is 9.55 Å². The fraction of sp³-hybridized carbons (Fsp3) is 0.222. The van der Waals surface area contributed by atoms with Crippen molar-refractivity contribution in [2.45, 2.75) is 20.8 Å². The van der Waals surface area contributed by atoms with Crippen molar-refractivity contribution in [2.24, 2.45) is 5.41 Å². The SMILES string of the molecule is CC(C)(C)C(=O)Nc1ccc(-n2cnc3ccccc32)cc1. The van der Waals surface area contributed by atoms with Crippen LogP contribution in [0.15, 0.2) is 54.9 Å². The van der Waals surface area contributed by atoms with Crippen LogP contribution in [0.3, 0.4) is 0 Å². The van der Waals surface area contributed by atoms with Crippen molar-refractivity contribution in [3.63, 3.8) is 0 Å². The van der Waals surface area contributed by atoms with Gasteiger partial charge in [0.15, 0.2) is 0 Å². The highest BCUT2D eigenvalue weighted by Gasteiger charge is 2.21. The van der Waals surface area contributed by atoms with Gasteiger partial charge in [0.1, 0.15) is 6.33 Å². The van der Waals surface area contributed by atoms with Crippen molar-refractivity contribution in [1.29, 1.82) is 0 Å². The number of fused-ring (bicyclic) bond motifs is 1. The van der Waals surface area contributed by atoms with Crippen LogP contribution in [-0.2, 0) is 4.79 Å². The summed E-state index contributed by atoms with van der Waals surface area (Å²) in [6.45, 7) is 5.69. The lowest BCUT2D eigenvalue weighted by Crippen LogP contribution is -2.27. The molecule has 0 unspecified atom stereocenters. The monoisotopic (exact) mass is 293 g/mol. The minimum Gasteiger partial charge on any atom is -0.326 e. The largest absolute Gasteiger partial charge is 0.326 e. The summed E-state index contributed by atoms with van der Waals surface area (Å²) in [6, 6.07) is 15.8. The van der Waals surface area contributed by atoms with Crippen molar-refractivity contribution < 1.29 is 4.79 Å². The summed E-state index contributed by atoms with van der Waals surface area (Å²) < 4.78 is 2.03. The number of carbonyl (C=O) groups excluding carboxylic acids is 1. The van der Waals surface area contributed by atoms with E-state index in [4.69, 9.17) is 0 Å². The number of benzene rings is 2. The molecule has 0 aliphatic heterocycles. The molecular weight excluding hydrogens is 274 g/mol. The molecular formula is C18H19N3O. The second-order valence-electron chi connectivity index (χ2n) is 6.35. The van der Waals surface area contributed by atoms with E-state index in [9.17, 15) is 4.79 Å². The van der Waals surface area contributed by atoms with E-state index in [2.05, 4.69) is 10.3 Å². The smallest absolute Gasteiger partial charge is 0.229 e. The molecule has 3 rings (SSSR count). The van der Waals surface area contributed by atoms with Gasteiger partial charge in [0.25, 0.3) is 0 Å². The quantitative estimate of drug-likeness (QED) is 0.776. The highest BCUT2D eigenvalue weighted by molar-refractivity contribution is 5.94. The number of nitrogens with one attached hydrogen (secondary N) is 1. The average Bonchev–Trinajstić information content (AvgIpc) is 2.91. The second kappa shape index (κ2) is 5.30. The molecule has 4 heteroatoms. The molecule has 0 atom stereocenters. The molecule has 112 valence electrons. The van der Waals surface area contributed by atoms with Crippen LogP contribution in [-0.4, -0.2) is 15.5 Å². The number of para-hydroxylation sites is 2. The summed E-state index contributed by atoms with van der Waals surface area (Å²) in [5, 5.41) is 2.93. The third-order valence-electron chi connectivity index (χ3n) is 3.54. The standard InChI is InChI=1S/C18H19N3O/c1-18(2,3)17(22)20-13-8-10-14(11-9-13)21-12-19-15-6-4-5-7-16(15)21/h4-12H,1-3H3,(H,20,22). The first-order valence-electron chi connectivity index (χ1n) is 7.29. The Kier molecular flexibility index (Phi) is 3.45. The molecule has 0 saturated carbocycles. The lowest BCUT2D eigenvalue weighted by molar-refractivity contribution is -0.123. The maximum absolute atomic E-state index is 12.0. The van der Waals surface area contributed by atoms with Gasteiger partial charge in [-0.2, -0.15) is 0 Å². The van der Waals surface area contributed by atoms with Gasteiger partial charge in [0, 0.05) is 16.8 Å². The summed E-state index contributed by atoms with van der Waals surface area (Å²) in [4.78, 5) is 16.4. The van der Waals surface area contributed by atoms with E-state index in [1.807, 2.05) is 80.2 Å². The molecule has 0 fully saturated rings. The number of nitrogens with zero attached hydrogens (tertiary/aromatic N) is 2. The Morgan fingerprint density at radius 2 is 1.73 bits per heavy atom. The maximum Gasteiger partial charge on any atom is 0.229 e. The van der Waals surface area contributed by atoms with Crippen LogP contribution in [0.4, 0.5) is 5.69 Å². The van der Waals surface area contributed by atoms with Gasteiger partial charge in [0.05, 0.1) is 11.0 Å². The number of anilines is 1. The van der Waals surface area contributed by atoms with Crippen molar-refractivity contribution in [2.75, 3.05) is 5.32 Å². The minimum atomic E-state index is -0.404. The Balaban J connectivity index is 1.87. The fourth-order valence-corrected chi connectivity index (χ4v) is 2.19. The molecule has 0 spiro atoms. The number of aromatic nitrogens is 2. The first kappa shape index (κ1) is 14.3. The van der Waals surface area contributed by atoms with Crippen LogP contribution in [0.5, 0.6) is 0 Å². The average molecular weight is 293 g/mol. The fourth-order valence-electron chi connectivity index (χ4n) is 2.19. The predicted molar refractivity (Wildman–Crippen MR) is 89.2 cm³/mol. The van der Waals surface area contributed by atoms with Crippen molar-refractivity contribution >= 4 is 22.6 Å². The second-order valence-corrected chi connectivity index (χ2v) is 6.35. The van der Waals surface area contributed by atoms with Gasteiger partial charge in [-0.15, -0.1) is 0 Å². The Hall–Kier alpha value is -2.62. The van der Waals surface area contributed by atoms with Gasteiger partial charge >= 0.3 is 0 Å². The first-order chi connectivity index (χ1) is 10.4. The number of imidazole rings is 1. The van der Waals surface area contributed by atoms with Crippen molar-refractivity contribution in [3.05, 3.63) is 54.9 Å². The lowest BCUT2D eigenvalue weighted by atomic mass is 9.95. The Bertz CT molecular complexity index is 810. The van der Waals surface area contributed by atoms with E-state index in [-0.39, 0.29) is 5.91 Å². The summed E-state index contributed by atoms with van der Waals surface area (Å²) in [5.74, 6) is 0.00771. The molecule has 1 heterocycles.